The van der Waals surface area contributed by atoms with Crippen LogP contribution in [0.5, 0.6) is 0 Å². The van der Waals surface area contributed by atoms with Crippen LogP contribution in [0.25, 0.3) is 0 Å². The van der Waals surface area contributed by atoms with Crippen LogP contribution in [0.3, 0.4) is 0 Å². The standard InChI is InChI=1S/C13H16N2O/c1-3-6-13(16)15-10-9-14(2)11-7-4-5-8-12(11)15/h3-8H,9-10H2,1-2H3. The van der Waals surface area contributed by atoms with Crippen LogP contribution >= 0.6 is 0 Å². The van der Waals surface area contributed by atoms with Gasteiger partial charge in [0.1, 0.15) is 0 Å². The van der Waals surface area contributed by atoms with Crippen LogP contribution in [-0.2, 0) is 4.79 Å². The Bertz CT molecular complexity index is 426. The summed E-state index contributed by atoms with van der Waals surface area (Å²) in [4.78, 5) is 15.9. The van der Waals surface area contributed by atoms with E-state index in [1.807, 2.05) is 36.1 Å². The van der Waals surface area contributed by atoms with Crippen LogP contribution in [0.15, 0.2) is 36.4 Å². The van der Waals surface area contributed by atoms with E-state index in [1.54, 1.807) is 12.2 Å². The molecule has 84 valence electrons. The highest BCUT2D eigenvalue weighted by Gasteiger charge is 2.22. The van der Waals surface area contributed by atoms with Gasteiger partial charge in [-0.2, -0.15) is 0 Å². The van der Waals surface area contributed by atoms with Gasteiger partial charge in [0, 0.05) is 20.1 Å². The van der Waals surface area contributed by atoms with Crippen LogP contribution in [0, 0.1) is 0 Å². The molecule has 0 atom stereocenters. The van der Waals surface area contributed by atoms with Crippen molar-refractivity contribution >= 4 is 17.3 Å². The number of hydrogen-bond donors (Lipinski definition) is 0. The van der Waals surface area contributed by atoms with Gasteiger partial charge in [0.25, 0.3) is 5.91 Å². The van der Waals surface area contributed by atoms with Gasteiger partial charge in [-0.05, 0) is 25.1 Å². The van der Waals surface area contributed by atoms with E-state index in [-0.39, 0.29) is 5.91 Å². The highest BCUT2D eigenvalue weighted by atomic mass is 16.2. The van der Waals surface area contributed by atoms with E-state index in [1.165, 1.54) is 0 Å². The molecule has 2 rings (SSSR count). The Morgan fingerprint density at radius 3 is 2.62 bits per heavy atom. The van der Waals surface area contributed by atoms with E-state index < -0.39 is 0 Å². The van der Waals surface area contributed by atoms with Crippen molar-refractivity contribution in [2.24, 2.45) is 0 Å². The molecule has 1 aromatic rings. The lowest BCUT2D eigenvalue weighted by Gasteiger charge is -2.35. The zero-order valence-electron chi connectivity index (χ0n) is 9.68. The molecule has 0 spiro atoms. The second-order valence-corrected chi connectivity index (χ2v) is 3.90. The summed E-state index contributed by atoms with van der Waals surface area (Å²) < 4.78 is 0. The summed E-state index contributed by atoms with van der Waals surface area (Å²) in [5.74, 6) is 0.0584. The first-order chi connectivity index (χ1) is 7.74. The number of likely N-dealkylation sites (N-methyl/N-ethyl adjacent to an activating group) is 1. The quantitative estimate of drug-likeness (QED) is 0.671. The molecule has 1 aromatic carbocycles. The minimum Gasteiger partial charge on any atom is -0.371 e. The van der Waals surface area contributed by atoms with E-state index in [4.69, 9.17) is 0 Å². The number of amides is 1. The molecule has 0 unspecified atom stereocenters. The Labute approximate surface area is 96.0 Å². The maximum Gasteiger partial charge on any atom is 0.250 e. The van der Waals surface area contributed by atoms with Crippen molar-refractivity contribution in [1.82, 2.24) is 0 Å². The topological polar surface area (TPSA) is 23.6 Å². The van der Waals surface area contributed by atoms with Gasteiger partial charge in [0.05, 0.1) is 11.4 Å². The molecule has 3 heteroatoms. The number of allylic oxidation sites excluding steroid dienone is 1. The Hall–Kier alpha value is -1.77. The van der Waals surface area contributed by atoms with Crippen LogP contribution in [0.2, 0.25) is 0 Å². The first-order valence-electron chi connectivity index (χ1n) is 5.48. The van der Waals surface area contributed by atoms with E-state index in [2.05, 4.69) is 11.9 Å². The third kappa shape index (κ3) is 1.81. The number of carbonyl (C=O) groups is 1. The molecular weight excluding hydrogens is 200 g/mol. The number of hydrogen-bond acceptors (Lipinski definition) is 2. The van der Waals surface area contributed by atoms with Gasteiger partial charge in [-0.3, -0.25) is 4.79 Å². The predicted octanol–water partition coefficient (Wildman–Crippen LogP) is 2.05. The zero-order chi connectivity index (χ0) is 11.5. The molecule has 3 nitrogen and oxygen atoms in total. The van der Waals surface area contributed by atoms with Crippen molar-refractivity contribution < 1.29 is 4.79 Å². The fourth-order valence-corrected chi connectivity index (χ4v) is 1.97. The van der Waals surface area contributed by atoms with E-state index in [0.29, 0.717) is 0 Å². The summed E-state index contributed by atoms with van der Waals surface area (Å²) in [6.45, 7) is 3.48. The van der Waals surface area contributed by atoms with Gasteiger partial charge in [-0.1, -0.05) is 18.2 Å². The van der Waals surface area contributed by atoms with E-state index in [0.717, 1.165) is 24.5 Å². The molecule has 0 saturated heterocycles. The largest absolute Gasteiger partial charge is 0.371 e. The average Bonchev–Trinajstić information content (AvgIpc) is 2.30. The van der Waals surface area contributed by atoms with Crippen molar-refractivity contribution in [3.8, 4) is 0 Å². The lowest BCUT2D eigenvalue weighted by molar-refractivity contribution is -0.114. The van der Waals surface area contributed by atoms with Crippen LogP contribution < -0.4 is 9.80 Å². The zero-order valence-corrected chi connectivity index (χ0v) is 9.68. The molecule has 1 aliphatic heterocycles. The maximum atomic E-state index is 11.9. The van der Waals surface area contributed by atoms with E-state index in [9.17, 15) is 4.79 Å². The number of para-hydroxylation sites is 2. The Morgan fingerprint density at radius 2 is 1.94 bits per heavy atom. The second kappa shape index (κ2) is 4.39. The fourth-order valence-electron chi connectivity index (χ4n) is 1.97. The average molecular weight is 216 g/mol. The van der Waals surface area contributed by atoms with Gasteiger partial charge in [0.15, 0.2) is 0 Å². The molecular formula is C13H16N2O. The van der Waals surface area contributed by atoms with Gasteiger partial charge >= 0.3 is 0 Å². The van der Waals surface area contributed by atoms with Crippen LogP contribution in [0.4, 0.5) is 11.4 Å². The van der Waals surface area contributed by atoms with Crippen molar-refractivity contribution in [1.29, 1.82) is 0 Å². The Balaban J connectivity index is 2.38. The molecule has 0 aliphatic carbocycles. The highest BCUT2D eigenvalue weighted by Crippen LogP contribution is 2.31. The third-order valence-corrected chi connectivity index (χ3v) is 2.82. The molecule has 0 bridgehead atoms. The number of nitrogens with zero attached hydrogens (tertiary/aromatic N) is 2. The highest BCUT2D eigenvalue weighted by molar-refractivity contribution is 6.04. The molecule has 16 heavy (non-hydrogen) atoms. The van der Waals surface area contributed by atoms with Crippen molar-refractivity contribution in [3.63, 3.8) is 0 Å². The second-order valence-electron chi connectivity index (χ2n) is 3.90. The van der Waals surface area contributed by atoms with Crippen LogP contribution in [-0.4, -0.2) is 26.0 Å². The SMILES string of the molecule is CC=CC(=O)N1CCN(C)c2ccccc21. The first kappa shape index (κ1) is 10.7. The summed E-state index contributed by atoms with van der Waals surface area (Å²) in [6.07, 6.45) is 3.39. The molecule has 0 saturated carbocycles. The van der Waals surface area contributed by atoms with Crippen LogP contribution in [0.1, 0.15) is 6.92 Å². The van der Waals surface area contributed by atoms with Gasteiger partial charge in [0.2, 0.25) is 0 Å². The smallest absolute Gasteiger partial charge is 0.250 e. The van der Waals surface area contributed by atoms with Gasteiger partial charge in [-0.15, -0.1) is 0 Å². The first-order valence-corrected chi connectivity index (χ1v) is 5.48. The minimum atomic E-state index is 0.0584. The van der Waals surface area contributed by atoms with Gasteiger partial charge < -0.3 is 9.80 Å². The minimum absolute atomic E-state index is 0.0584. The third-order valence-electron chi connectivity index (χ3n) is 2.82. The number of rotatable bonds is 1. The van der Waals surface area contributed by atoms with E-state index >= 15 is 0 Å². The lowest BCUT2D eigenvalue weighted by atomic mass is 10.1. The lowest BCUT2D eigenvalue weighted by Crippen LogP contribution is -2.41. The number of carbonyl (C=O) groups excluding carboxylic acids is 1. The summed E-state index contributed by atoms with van der Waals surface area (Å²) in [5, 5.41) is 0. The van der Waals surface area contributed by atoms with Gasteiger partial charge in [-0.25, -0.2) is 0 Å². The number of fused-ring (bicyclic) bond motifs is 1. The monoisotopic (exact) mass is 216 g/mol. The number of benzene rings is 1. The molecule has 0 N–H and O–H groups in total. The summed E-state index contributed by atoms with van der Waals surface area (Å²) in [7, 11) is 2.05. The van der Waals surface area contributed by atoms with Crippen molar-refractivity contribution in [3.05, 3.63) is 36.4 Å². The molecule has 1 amide bonds. The summed E-state index contributed by atoms with van der Waals surface area (Å²) >= 11 is 0. The fraction of sp³-hybridized carbons (Fsp3) is 0.308. The molecule has 0 aromatic heterocycles. The molecule has 1 aliphatic rings. The molecule has 0 fully saturated rings. The maximum absolute atomic E-state index is 11.9. The normalized spacial score (nSPS) is 15.4. The van der Waals surface area contributed by atoms with Crippen molar-refractivity contribution in [2.45, 2.75) is 6.92 Å². The molecule has 0 radical (unpaired) electrons. The predicted molar refractivity (Wildman–Crippen MR) is 66.9 cm³/mol. The summed E-state index contributed by atoms with van der Waals surface area (Å²) in [6, 6.07) is 8.00. The van der Waals surface area contributed by atoms with Crippen molar-refractivity contribution in [2.75, 3.05) is 29.9 Å². The Kier molecular flexibility index (Phi) is 2.95. The summed E-state index contributed by atoms with van der Waals surface area (Å²) in [5.41, 5.74) is 2.12. The number of anilines is 2. The Morgan fingerprint density at radius 1 is 1.25 bits per heavy atom. The molecule has 1 heterocycles.